The molecule has 2 N–H and O–H groups in total. The van der Waals surface area contributed by atoms with Crippen LogP contribution in [0.4, 0.5) is 5.69 Å². The topological polar surface area (TPSA) is 118 Å². The summed E-state index contributed by atoms with van der Waals surface area (Å²) in [6.07, 6.45) is 4.11. The minimum absolute atomic E-state index is 0.121. The summed E-state index contributed by atoms with van der Waals surface area (Å²) >= 11 is 0. The Bertz CT molecular complexity index is 1340. The van der Waals surface area contributed by atoms with Gasteiger partial charge < -0.3 is 10.6 Å². The molecule has 6 heteroatoms. The summed E-state index contributed by atoms with van der Waals surface area (Å²) < 4.78 is 0. The van der Waals surface area contributed by atoms with Crippen LogP contribution < -0.4 is 10.6 Å². The van der Waals surface area contributed by atoms with E-state index < -0.39 is 16.7 Å². The zero-order chi connectivity index (χ0) is 23.2. The van der Waals surface area contributed by atoms with E-state index >= 15 is 0 Å². The molecule has 0 saturated carbocycles. The van der Waals surface area contributed by atoms with Gasteiger partial charge in [0.1, 0.15) is 11.5 Å². The fourth-order valence-electron chi connectivity index (χ4n) is 5.97. The maximum atomic E-state index is 14.5. The van der Waals surface area contributed by atoms with Crippen LogP contribution in [0.3, 0.4) is 0 Å². The summed E-state index contributed by atoms with van der Waals surface area (Å²) in [6.45, 7) is 0.311. The summed E-state index contributed by atoms with van der Waals surface area (Å²) in [4.78, 5) is 16.2. The highest BCUT2D eigenvalue weighted by Crippen LogP contribution is 2.64. The van der Waals surface area contributed by atoms with Crippen molar-refractivity contribution in [3.8, 4) is 18.2 Å². The zero-order valence-electron chi connectivity index (χ0n) is 18.0. The predicted octanol–water partition coefficient (Wildman–Crippen LogP) is 3.98. The number of hydrogen-bond donors (Lipinski definition) is 1. The number of para-hydroxylation sites is 1. The van der Waals surface area contributed by atoms with Crippen LogP contribution in [0.15, 0.2) is 77.5 Å². The maximum Gasteiger partial charge on any atom is 0.241 e. The Labute approximate surface area is 192 Å². The van der Waals surface area contributed by atoms with Gasteiger partial charge in [0.15, 0.2) is 0 Å². The largest absolute Gasteiger partial charge is 0.399 e. The monoisotopic (exact) mass is 431 g/mol. The lowest BCUT2D eigenvalue weighted by molar-refractivity contribution is -0.127. The molecule has 2 aliphatic carbocycles. The number of carbonyl (C=O) groups excluding carboxylic acids is 1. The van der Waals surface area contributed by atoms with Gasteiger partial charge in [-0.15, -0.1) is 0 Å². The number of nitrogens with two attached hydrogens (primary N) is 1. The van der Waals surface area contributed by atoms with Crippen molar-refractivity contribution >= 4 is 11.6 Å². The highest BCUT2D eigenvalue weighted by atomic mass is 16.2. The molecule has 0 fully saturated rings. The molecule has 1 heterocycles. The van der Waals surface area contributed by atoms with Gasteiger partial charge in [0.2, 0.25) is 11.3 Å². The quantitative estimate of drug-likeness (QED) is 0.772. The average molecular weight is 431 g/mol. The van der Waals surface area contributed by atoms with Crippen molar-refractivity contribution in [3.05, 3.63) is 88.6 Å². The van der Waals surface area contributed by atoms with Crippen molar-refractivity contribution in [2.24, 2.45) is 17.1 Å². The second kappa shape index (κ2) is 7.37. The van der Waals surface area contributed by atoms with Crippen molar-refractivity contribution in [1.82, 2.24) is 0 Å². The molecule has 0 bridgehead atoms. The molecule has 5 rings (SSSR count). The Hall–Kier alpha value is -4.34. The highest BCUT2D eigenvalue weighted by molar-refractivity contribution is 6.11. The minimum Gasteiger partial charge on any atom is -0.399 e. The van der Waals surface area contributed by atoms with Gasteiger partial charge in [0.25, 0.3) is 0 Å². The van der Waals surface area contributed by atoms with Crippen LogP contribution in [0.5, 0.6) is 0 Å². The molecule has 160 valence electrons. The van der Waals surface area contributed by atoms with E-state index in [0.717, 1.165) is 18.4 Å². The van der Waals surface area contributed by atoms with Gasteiger partial charge in [0, 0.05) is 11.6 Å². The molecule has 6 nitrogen and oxygen atoms in total. The lowest BCUT2D eigenvalue weighted by atomic mass is 9.47. The lowest BCUT2D eigenvalue weighted by Crippen LogP contribution is -2.61. The van der Waals surface area contributed by atoms with E-state index in [4.69, 9.17) is 5.73 Å². The molecule has 33 heavy (non-hydrogen) atoms. The van der Waals surface area contributed by atoms with Crippen molar-refractivity contribution in [2.45, 2.75) is 31.2 Å². The van der Waals surface area contributed by atoms with Crippen molar-refractivity contribution in [3.63, 3.8) is 0 Å². The zero-order valence-corrected chi connectivity index (χ0v) is 18.0. The fraction of sp³-hybridized carbons (Fsp3) is 0.259. The van der Waals surface area contributed by atoms with E-state index in [9.17, 15) is 20.6 Å². The maximum absolute atomic E-state index is 14.5. The molecule has 2 aromatic rings. The van der Waals surface area contributed by atoms with Crippen molar-refractivity contribution < 1.29 is 4.79 Å². The number of hydrogen-bond acceptors (Lipinski definition) is 5. The Kier molecular flexibility index (Phi) is 4.59. The fourth-order valence-corrected chi connectivity index (χ4v) is 5.97. The second-order valence-corrected chi connectivity index (χ2v) is 8.72. The first-order valence-corrected chi connectivity index (χ1v) is 11.0. The lowest BCUT2D eigenvalue weighted by Gasteiger charge is -2.49. The van der Waals surface area contributed by atoms with E-state index in [-0.39, 0.29) is 17.2 Å². The number of carbonyl (C=O) groups is 1. The number of nitriles is 3. The van der Waals surface area contributed by atoms with Gasteiger partial charge >= 0.3 is 0 Å². The second-order valence-electron chi connectivity index (χ2n) is 8.72. The number of allylic oxidation sites excluding steroid dienone is 4. The van der Waals surface area contributed by atoms with Crippen LogP contribution in [0, 0.1) is 45.3 Å². The first-order chi connectivity index (χ1) is 16.1. The molecular weight excluding hydrogens is 410 g/mol. The number of anilines is 1. The summed E-state index contributed by atoms with van der Waals surface area (Å²) in [5.41, 5.74) is 5.95. The van der Waals surface area contributed by atoms with E-state index in [1.54, 1.807) is 4.90 Å². The number of rotatable bonds is 2. The van der Waals surface area contributed by atoms with Gasteiger partial charge in [-0.3, -0.25) is 4.79 Å². The van der Waals surface area contributed by atoms with Crippen LogP contribution in [-0.4, -0.2) is 5.91 Å². The Balaban J connectivity index is 1.85. The van der Waals surface area contributed by atoms with Gasteiger partial charge in [0.05, 0.1) is 30.0 Å². The van der Waals surface area contributed by atoms with Crippen LogP contribution >= 0.6 is 0 Å². The van der Waals surface area contributed by atoms with Gasteiger partial charge in [-0.1, -0.05) is 54.6 Å². The van der Waals surface area contributed by atoms with Gasteiger partial charge in [-0.2, -0.15) is 15.8 Å². The summed E-state index contributed by atoms with van der Waals surface area (Å²) in [5, 5.41) is 30.9. The van der Waals surface area contributed by atoms with Crippen LogP contribution in [0.2, 0.25) is 0 Å². The molecule has 1 amide bonds. The summed E-state index contributed by atoms with van der Waals surface area (Å²) in [7, 11) is 0. The van der Waals surface area contributed by atoms with Crippen LogP contribution in [0.25, 0.3) is 0 Å². The molecule has 0 radical (unpaired) electrons. The first-order valence-electron chi connectivity index (χ1n) is 11.0. The van der Waals surface area contributed by atoms with Gasteiger partial charge in [-0.25, -0.2) is 0 Å². The van der Waals surface area contributed by atoms with Crippen molar-refractivity contribution in [1.29, 1.82) is 15.8 Å². The molecule has 0 saturated heterocycles. The highest BCUT2D eigenvalue weighted by Gasteiger charge is 2.72. The molecule has 1 aliphatic heterocycles. The van der Waals surface area contributed by atoms with Crippen LogP contribution in [0.1, 0.15) is 30.4 Å². The SMILES string of the molecule is N#CC1=C(N)C(C#N)(C#N)C2(C(=O)N(Cc3ccccc3)c3ccccc32)C2CCCC=C12. The van der Waals surface area contributed by atoms with Gasteiger partial charge in [-0.05, 0) is 42.0 Å². The van der Waals surface area contributed by atoms with E-state index in [1.807, 2.05) is 60.7 Å². The number of nitrogens with zero attached hydrogens (tertiary/aromatic N) is 4. The third-order valence-electron chi connectivity index (χ3n) is 7.35. The smallest absolute Gasteiger partial charge is 0.241 e. The average Bonchev–Trinajstić information content (AvgIpc) is 3.10. The summed E-state index contributed by atoms with van der Waals surface area (Å²) in [6, 6.07) is 23.4. The summed E-state index contributed by atoms with van der Waals surface area (Å²) in [5.74, 6) is -0.796. The standard InChI is InChI=1S/C27H21N5O/c28-14-20-19-10-4-5-11-21(19)27(26(16-29,17-30)24(20)31)22-12-6-7-13-23(22)32(25(27)33)15-18-8-2-1-3-9-18/h1-3,6-10,12-13,21H,4-5,11,15,31H2. The molecule has 1 spiro atoms. The van der Waals surface area contributed by atoms with E-state index in [2.05, 4.69) is 18.2 Å². The Morgan fingerprint density at radius 2 is 1.73 bits per heavy atom. The van der Waals surface area contributed by atoms with Crippen LogP contribution in [-0.2, 0) is 16.8 Å². The number of fused-ring (bicyclic) bond motifs is 4. The molecule has 2 unspecified atom stereocenters. The third kappa shape index (κ3) is 2.43. The molecule has 0 aromatic heterocycles. The molecular formula is C27H21N5O. The molecule has 2 aromatic carbocycles. The first kappa shape index (κ1) is 20.6. The molecule has 2 atom stereocenters. The number of amides is 1. The molecule has 3 aliphatic rings. The Morgan fingerprint density at radius 1 is 1.03 bits per heavy atom. The predicted molar refractivity (Wildman–Crippen MR) is 122 cm³/mol. The van der Waals surface area contributed by atoms with E-state index in [0.29, 0.717) is 29.8 Å². The third-order valence-corrected chi connectivity index (χ3v) is 7.35. The number of benzene rings is 2. The Morgan fingerprint density at radius 3 is 2.42 bits per heavy atom. The van der Waals surface area contributed by atoms with Crippen molar-refractivity contribution in [2.75, 3.05) is 4.90 Å². The normalized spacial score (nSPS) is 24.9. The minimum atomic E-state index is -1.99. The van der Waals surface area contributed by atoms with E-state index in [1.165, 1.54) is 0 Å².